The Morgan fingerprint density at radius 2 is 2.33 bits per heavy atom. The number of hydrogen-bond donors (Lipinski definition) is 1. The van der Waals surface area contributed by atoms with Gasteiger partial charge in [0, 0.05) is 13.6 Å². The van der Waals surface area contributed by atoms with Crippen LogP contribution in [0.3, 0.4) is 0 Å². The zero-order chi connectivity index (χ0) is 8.77. The summed E-state index contributed by atoms with van der Waals surface area (Å²) in [6.07, 6.45) is 1.51. The van der Waals surface area contributed by atoms with Gasteiger partial charge in [0.25, 0.3) is 0 Å². The molecule has 1 N–H and O–H groups in total. The van der Waals surface area contributed by atoms with E-state index in [1.165, 1.54) is 0 Å². The highest BCUT2D eigenvalue weighted by atomic mass is 16.4. The average Bonchev–Trinajstić information content (AvgIpc) is 2.71. The largest absolute Gasteiger partial charge is 0.480 e. The molecular formula is C8H12N2O2. The fraction of sp³-hybridized carbons (Fsp3) is 0.750. The van der Waals surface area contributed by atoms with Gasteiger partial charge < -0.3 is 10.0 Å². The molecule has 0 bridgehead atoms. The monoisotopic (exact) mass is 168 g/mol. The molecule has 1 aliphatic heterocycles. The molecule has 0 spiro atoms. The fourth-order valence-corrected chi connectivity index (χ4v) is 1.71. The summed E-state index contributed by atoms with van der Waals surface area (Å²) in [5.41, 5.74) is -0.606. The van der Waals surface area contributed by atoms with Crippen LogP contribution in [-0.4, -0.2) is 41.9 Å². The first kappa shape index (κ1) is 7.58. The molecule has 12 heavy (non-hydrogen) atoms. The second-order valence-corrected chi connectivity index (χ2v) is 3.51. The summed E-state index contributed by atoms with van der Waals surface area (Å²) in [6, 6.07) is 0. The summed E-state index contributed by atoms with van der Waals surface area (Å²) in [4.78, 5) is 17.1. The number of carbonyl (C=O) groups is 1. The normalized spacial score (nSPS) is 25.4. The van der Waals surface area contributed by atoms with Crippen LogP contribution >= 0.6 is 0 Å². The topological polar surface area (TPSA) is 52.9 Å². The first-order valence-electron chi connectivity index (χ1n) is 4.16. The number of likely N-dealkylation sites (N-methyl/N-ethyl adjacent to an activating group) is 1. The first-order chi connectivity index (χ1) is 5.67. The molecule has 0 aromatic rings. The minimum Gasteiger partial charge on any atom is -0.480 e. The molecule has 0 aromatic heterocycles. The molecule has 0 saturated heterocycles. The minimum atomic E-state index is -0.713. The summed E-state index contributed by atoms with van der Waals surface area (Å²) in [6.45, 7) is 1.62. The van der Waals surface area contributed by atoms with Crippen LogP contribution in [-0.2, 0) is 4.79 Å². The maximum absolute atomic E-state index is 10.9. The highest BCUT2D eigenvalue weighted by molar-refractivity contribution is 6.08. The van der Waals surface area contributed by atoms with Crippen LogP contribution in [0.15, 0.2) is 4.99 Å². The van der Waals surface area contributed by atoms with Crippen LogP contribution < -0.4 is 0 Å². The number of hydrogen-bond acceptors (Lipinski definition) is 3. The lowest BCUT2D eigenvalue weighted by atomic mass is 10.1. The second-order valence-electron chi connectivity index (χ2n) is 3.51. The Kier molecular flexibility index (Phi) is 1.40. The molecule has 1 saturated carbocycles. The Morgan fingerprint density at radius 3 is 2.67 bits per heavy atom. The molecule has 4 heteroatoms. The summed E-state index contributed by atoms with van der Waals surface area (Å²) < 4.78 is 0. The number of aliphatic imine (C=N–C) groups is 1. The molecule has 66 valence electrons. The van der Waals surface area contributed by atoms with Gasteiger partial charge in [0.05, 0.1) is 6.54 Å². The lowest BCUT2D eigenvalue weighted by molar-refractivity contribution is -0.140. The van der Waals surface area contributed by atoms with Gasteiger partial charge in [-0.15, -0.1) is 0 Å². The third-order valence-corrected chi connectivity index (χ3v) is 2.65. The van der Waals surface area contributed by atoms with Gasteiger partial charge in [-0.3, -0.25) is 9.79 Å². The van der Waals surface area contributed by atoms with Gasteiger partial charge in [-0.25, -0.2) is 0 Å². The zero-order valence-corrected chi connectivity index (χ0v) is 7.08. The van der Waals surface area contributed by atoms with E-state index in [0.717, 1.165) is 31.8 Å². The van der Waals surface area contributed by atoms with Gasteiger partial charge in [0.15, 0.2) is 0 Å². The van der Waals surface area contributed by atoms with E-state index in [1.54, 1.807) is 0 Å². The van der Waals surface area contributed by atoms with Crippen LogP contribution in [0.2, 0.25) is 0 Å². The van der Waals surface area contributed by atoms with Gasteiger partial charge in [-0.05, 0) is 12.8 Å². The van der Waals surface area contributed by atoms with Crippen LogP contribution in [0.5, 0.6) is 0 Å². The number of carboxylic acid groups (broad SMARTS) is 1. The number of amidine groups is 1. The van der Waals surface area contributed by atoms with Crippen LogP contribution in [0.25, 0.3) is 0 Å². The maximum Gasteiger partial charge on any atom is 0.317 e. The van der Waals surface area contributed by atoms with Gasteiger partial charge in [-0.1, -0.05) is 0 Å². The quantitative estimate of drug-likeness (QED) is 0.640. The van der Waals surface area contributed by atoms with Crippen molar-refractivity contribution in [2.24, 2.45) is 10.4 Å². The highest BCUT2D eigenvalue weighted by Crippen LogP contribution is 2.48. The molecule has 0 atom stereocenters. The number of nitrogens with zero attached hydrogens (tertiary/aromatic N) is 2. The Bertz CT molecular complexity index is 256. The van der Waals surface area contributed by atoms with Crippen molar-refractivity contribution < 1.29 is 9.90 Å². The molecule has 2 rings (SSSR count). The lowest BCUT2D eigenvalue weighted by Gasteiger charge is -2.18. The smallest absolute Gasteiger partial charge is 0.317 e. The van der Waals surface area contributed by atoms with Gasteiger partial charge in [0.2, 0.25) is 0 Å². The Labute approximate surface area is 70.9 Å². The van der Waals surface area contributed by atoms with E-state index < -0.39 is 11.4 Å². The Balaban J connectivity index is 2.24. The second kappa shape index (κ2) is 2.21. The van der Waals surface area contributed by atoms with Crippen LogP contribution in [0.4, 0.5) is 0 Å². The molecular weight excluding hydrogens is 156 g/mol. The van der Waals surface area contributed by atoms with E-state index in [4.69, 9.17) is 5.11 Å². The van der Waals surface area contributed by atoms with Crippen molar-refractivity contribution in [2.45, 2.75) is 12.8 Å². The molecule has 0 aromatic carbocycles. The molecule has 4 nitrogen and oxygen atoms in total. The standard InChI is InChI=1S/C8H12N2O2/c1-10-5-4-9-6(10)8(2-3-8)7(11)12/h2-5H2,1H3,(H,11,12). The average molecular weight is 168 g/mol. The van der Waals surface area contributed by atoms with Crippen molar-refractivity contribution in [1.29, 1.82) is 0 Å². The van der Waals surface area contributed by atoms with E-state index in [9.17, 15) is 4.79 Å². The van der Waals surface area contributed by atoms with Gasteiger partial charge >= 0.3 is 5.97 Å². The summed E-state index contributed by atoms with van der Waals surface area (Å²) in [7, 11) is 1.91. The minimum absolute atomic E-state index is 0.606. The van der Waals surface area contributed by atoms with Gasteiger partial charge in [-0.2, -0.15) is 0 Å². The van der Waals surface area contributed by atoms with Crippen molar-refractivity contribution in [3.63, 3.8) is 0 Å². The molecule has 0 unspecified atom stereocenters. The molecule has 2 aliphatic rings. The summed E-state index contributed by atoms with van der Waals surface area (Å²) >= 11 is 0. The van der Waals surface area contributed by atoms with Crippen molar-refractivity contribution >= 4 is 11.8 Å². The fourth-order valence-electron chi connectivity index (χ4n) is 1.71. The van der Waals surface area contributed by atoms with Crippen molar-refractivity contribution in [3.8, 4) is 0 Å². The highest BCUT2D eigenvalue weighted by Gasteiger charge is 2.56. The zero-order valence-electron chi connectivity index (χ0n) is 7.08. The van der Waals surface area contributed by atoms with E-state index >= 15 is 0 Å². The summed E-state index contributed by atoms with van der Waals surface area (Å²) in [5.74, 6) is 0.0741. The predicted molar refractivity (Wildman–Crippen MR) is 44.2 cm³/mol. The van der Waals surface area contributed by atoms with Crippen LogP contribution in [0, 0.1) is 5.41 Å². The van der Waals surface area contributed by atoms with Crippen LogP contribution in [0.1, 0.15) is 12.8 Å². The van der Waals surface area contributed by atoms with E-state index in [-0.39, 0.29) is 0 Å². The SMILES string of the molecule is CN1CCN=C1C1(C(=O)O)CC1. The predicted octanol–water partition coefficient (Wildman–Crippen LogP) is 0.195. The summed E-state index contributed by atoms with van der Waals surface area (Å²) in [5, 5.41) is 8.97. The van der Waals surface area contributed by atoms with Crippen molar-refractivity contribution in [3.05, 3.63) is 0 Å². The third-order valence-electron chi connectivity index (χ3n) is 2.65. The van der Waals surface area contributed by atoms with E-state index in [2.05, 4.69) is 4.99 Å². The van der Waals surface area contributed by atoms with Crippen molar-refractivity contribution in [1.82, 2.24) is 4.90 Å². The van der Waals surface area contributed by atoms with Crippen molar-refractivity contribution in [2.75, 3.05) is 20.1 Å². The molecule has 1 fully saturated rings. The molecule has 0 radical (unpaired) electrons. The molecule has 1 aliphatic carbocycles. The third kappa shape index (κ3) is 0.838. The van der Waals surface area contributed by atoms with E-state index in [1.807, 2.05) is 11.9 Å². The lowest BCUT2D eigenvalue weighted by Crippen LogP contribution is -2.35. The number of rotatable bonds is 2. The number of carboxylic acids is 1. The Morgan fingerprint density at radius 1 is 1.67 bits per heavy atom. The van der Waals surface area contributed by atoms with E-state index in [0.29, 0.717) is 0 Å². The number of aliphatic carboxylic acids is 1. The molecule has 1 heterocycles. The van der Waals surface area contributed by atoms with Gasteiger partial charge in [0.1, 0.15) is 11.3 Å². The maximum atomic E-state index is 10.9. The molecule has 0 amide bonds. The Hall–Kier alpha value is -1.06. The first-order valence-corrected chi connectivity index (χ1v) is 4.16.